The molecule has 0 unspecified atom stereocenters. The Hall–Kier alpha value is -4.20. The maximum absolute atomic E-state index is 13.4. The van der Waals surface area contributed by atoms with E-state index in [0.717, 1.165) is 11.6 Å². The van der Waals surface area contributed by atoms with Gasteiger partial charge in [-0.2, -0.15) is 5.26 Å². The van der Waals surface area contributed by atoms with Crippen LogP contribution in [-0.4, -0.2) is 45.9 Å². The number of amides is 1. The van der Waals surface area contributed by atoms with E-state index in [1.54, 1.807) is 42.7 Å². The van der Waals surface area contributed by atoms with E-state index in [-0.39, 0.29) is 24.8 Å². The summed E-state index contributed by atoms with van der Waals surface area (Å²) in [7, 11) is -1.21. The fraction of sp³-hybridized carbons (Fsp3) is 0.259. The molecule has 1 N–H and O–H groups in total. The second-order valence-corrected chi connectivity index (χ2v) is 15.6. The molecular formula is C27H28N6O3Si. The van der Waals surface area contributed by atoms with Crippen LogP contribution in [0.3, 0.4) is 0 Å². The number of carbonyl (C=O) groups excluding carboxylic acids is 2. The average molecular weight is 513 g/mol. The number of ketones is 1. The molecule has 0 aliphatic rings. The molecule has 0 spiro atoms. The summed E-state index contributed by atoms with van der Waals surface area (Å²) in [5.74, 6) is -0.507. The molecule has 0 aliphatic heterocycles. The molecule has 10 heteroatoms. The summed E-state index contributed by atoms with van der Waals surface area (Å²) in [6.07, 6.45) is 7.88. The highest BCUT2D eigenvalue weighted by atomic mass is 28.3. The molecule has 0 saturated carbocycles. The number of pyridine rings is 1. The van der Waals surface area contributed by atoms with Crippen LogP contribution in [0.15, 0.2) is 61.4 Å². The van der Waals surface area contributed by atoms with Gasteiger partial charge in [0.05, 0.1) is 35.5 Å². The molecule has 9 nitrogen and oxygen atoms in total. The Balaban J connectivity index is 1.48. The summed E-state index contributed by atoms with van der Waals surface area (Å²) in [5.41, 5.74) is 3.11. The lowest BCUT2D eigenvalue weighted by molar-refractivity contribution is -0.115. The number of anilines is 1. The Kier molecular flexibility index (Phi) is 7.86. The number of hydrogen-bond acceptors (Lipinski definition) is 7. The van der Waals surface area contributed by atoms with Crippen molar-refractivity contribution in [3.8, 4) is 6.07 Å². The first-order valence-electron chi connectivity index (χ1n) is 11.9. The third-order valence-corrected chi connectivity index (χ3v) is 7.45. The number of ether oxygens (including phenoxy) is 1. The van der Waals surface area contributed by atoms with Gasteiger partial charge in [0.2, 0.25) is 5.91 Å². The monoisotopic (exact) mass is 512 g/mol. The van der Waals surface area contributed by atoms with Gasteiger partial charge in [-0.05, 0) is 29.8 Å². The fourth-order valence-corrected chi connectivity index (χ4v) is 4.48. The van der Waals surface area contributed by atoms with Gasteiger partial charge in [-0.3, -0.25) is 14.6 Å². The lowest BCUT2D eigenvalue weighted by Gasteiger charge is -2.15. The fourth-order valence-electron chi connectivity index (χ4n) is 3.72. The van der Waals surface area contributed by atoms with Crippen LogP contribution in [0.1, 0.15) is 27.0 Å². The first kappa shape index (κ1) is 25.9. The first-order valence-corrected chi connectivity index (χ1v) is 15.6. The number of nitrogens with one attached hydrogen (secondary N) is 1. The van der Waals surface area contributed by atoms with Crippen molar-refractivity contribution in [3.05, 3.63) is 83.7 Å². The Bertz CT molecular complexity index is 1470. The summed E-state index contributed by atoms with van der Waals surface area (Å²) in [5, 5.41) is 12.3. The van der Waals surface area contributed by atoms with Gasteiger partial charge >= 0.3 is 0 Å². The maximum Gasteiger partial charge on any atom is 0.228 e. The van der Waals surface area contributed by atoms with Gasteiger partial charge in [-0.1, -0.05) is 31.8 Å². The molecule has 0 fully saturated rings. The smallest absolute Gasteiger partial charge is 0.228 e. The van der Waals surface area contributed by atoms with Gasteiger partial charge in [0.1, 0.15) is 18.7 Å². The van der Waals surface area contributed by atoms with Crippen LogP contribution in [0.2, 0.25) is 25.7 Å². The van der Waals surface area contributed by atoms with Crippen LogP contribution in [0.4, 0.5) is 5.69 Å². The number of aromatic nitrogens is 4. The number of rotatable bonds is 10. The Labute approximate surface area is 216 Å². The molecule has 188 valence electrons. The van der Waals surface area contributed by atoms with E-state index in [4.69, 9.17) is 10.00 Å². The van der Waals surface area contributed by atoms with Crippen LogP contribution in [0.5, 0.6) is 0 Å². The molecule has 1 amide bonds. The van der Waals surface area contributed by atoms with Crippen molar-refractivity contribution in [3.63, 3.8) is 0 Å². The van der Waals surface area contributed by atoms with E-state index in [1.165, 1.54) is 18.7 Å². The summed E-state index contributed by atoms with van der Waals surface area (Å²) in [4.78, 5) is 38.6. The Morgan fingerprint density at radius 1 is 1.11 bits per heavy atom. The van der Waals surface area contributed by atoms with Crippen molar-refractivity contribution in [2.24, 2.45) is 0 Å². The number of benzene rings is 1. The lowest BCUT2D eigenvalue weighted by atomic mass is 10.1. The third-order valence-electron chi connectivity index (χ3n) is 5.74. The molecule has 0 atom stereocenters. The van der Waals surface area contributed by atoms with Gasteiger partial charge in [-0.25, -0.2) is 9.97 Å². The molecule has 1 aromatic carbocycles. The zero-order valence-electron chi connectivity index (χ0n) is 21.1. The number of carbonyl (C=O) groups is 2. The van der Waals surface area contributed by atoms with Crippen molar-refractivity contribution in [2.45, 2.75) is 38.8 Å². The second-order valence-electron chi connectivity index (χ2n) is 9.95. The topological polar surface area (TPSA) is 123 Å². The largest absolute Gasteiger partial charge is 0.361 e. The normalized spacial score (nSPS) is 11.3. The Morgan fingerprint density at radius 2 is 1.89 bits per heavy atom. The molecule has 4 rings (SSSR count). The quantitative estimate of drug-likeness (QED) is 0.189. The van der Waals surface area contributed by atoms with Crippen LogP contribution >= 0.6 is 0 Å². The summed E-state index contributed by atoms with van der Waals surface area (Å²) in [6, 6.07) is 11.5. The molecule has 3 aromatic heterocycles. The molecule has 37 heavy (non-hydrogen) atoms. The van der Waals surface area contributed by atoms with Crippen LogP contribution in [-0.2, 0) is 22.7 Å². The first-order chi connectivity index (χ1) is 17.7. The summed E-state index contributed by atoms with van der Waals surface area (Å²) >= 11 is 0. The van der Waals surface area contributed by atoms with Crippen molar-refractivity contribution in [2.75, 3.05) is 11.9 Å². The number of nitrogens with zero attached hydrogens (tertiary/aromatic N) is 5. The van der Waals surface area contributed by atoms with E-state index in [9.17, 15) is 9.59 Å². The maximum atomic E-state index is 13.4. The highest BCUT2D eigenvalue weighted by Gasteiger charge is 2.19. The lowest BCUT2D eigenvalue weighted by Crippen LogP contribution is -2.22. The molecule has 3 heterocycles. The highest BCUT2D eigenvalue weighted by molar-refractivity contribution is 6.76. The average Bonchev–Trinajstić information content (AvgIpc) is 3.25. The van der Waals surface area contributed by atoms with Gasteiger partial charge in [0, 0.05) is 44.2 Å². The minimum absolute atomic E-state index is 0.131. The Morgan fingerprint density at radius 3 is 2.62 bits per heavy atom. The summed E-state index contributed by atoms with van der Waals surface area (Å²) in [6.45, 7) is 7.82. The second kappa shape index (κ2) is 11.2. The highest BCUT2D eigenvalue weighted by Crippen LogP contribution is 2.23. The van der Waals surface area contributed by atoms with Crippen LogP contribution < -0.4 is 5.32 Å². The van der Waals surface area contributed by atoms with Crippen molar-refractivity contribution in [1.29, 1.82) is 5.26 Å². The van der Waals surface area contributed by atoms with Gasteiger partial charge in [0.25, 0.3) is 0 Å². The number of nitriles is 1. The van der Waals surface area contributed by atoms with Crippen molar-refractivity contribution in [1.82, 2.24) is 19.5 Å². The zero-order valence-corrected chi connectivity index (χ0v) is 22.1. The van der Waals surface area contributed by atoms with Gasteiger partial charge < -0.3 is 14.6 Å². The van der Waals surface area contributed by atoms with E-state index in [1.807, 2.05) is 4.57 Å². The number of fused-ring (bicyclic) bond motifs is 1. The van der Waals surface area contributed by atoms with Crippen molar-refractivity contribution >= 4 is 36.5 Å². The molecule has 4 aromatic rings. The van der Waals surface area contributed by atoms with E-state index in [0.29, 0.717) is 40.0 Å². The summed E-state index contributed by atoms with van der Waals surface area (Å²) < 4.78 is 7.69. The van der Waals surface area contributed by atoms with E-state index >= 15 is 0 Å². The third kappa shape index (κ3) is 6.72. The van der Waals surface area contributed by atoms with Crippen molar-refractivity contribution < 1.29 is 14.3 Å². The predicted molar refractivity (Wildman–Crippen MR) is 143 cm³/mol. The molecule has 0 aliphatic carbocycles. The van der Waals surface area contributed by atoms with Gasteiger partial charge in [0.15, 0.2) is 5.78 Å². The zero-order chi connectivity index (χ0) is 26.4. The SMILES string of the molecule is C[Si](C)(C)CCOCn1cc(C(=O)c2cncc(NC(=O)Cc3ccc(C#N)cc3)c2)c2cncnc21. The molecular weight excluding hydrogens is 484 g/mol. The van der Waals surface area contributed by atoms with Crippen LogP contribution in [0, 0.1) is 11.3 Å². The standard InChI is InChI=1S/C27H28N6O3Si/c1-37(2,3)9-8-36-18-33-16-24(23-15-30-17-31-27(23)33)26(35)21-11-22(14-29-13-21)32-25(34)10-19-4-6-20(12-28)7-5-19/h4-7,11,13-17H,8-10,18H2,1-3H3,(H,32,34). The molecule has 0 radical (unpaired) electrons. The van der Waals surface area contributed by atoms with Crippen LogP contribution in [0.25, 0.3) is 11.0 Å². The minimum Gasteiger partial charge on any atom is -0.361 e. The molecule has 0 bridgehead atoms. The number of hydrogen-bond donors (Lipinski definition) is 1. The van der Waals surface area contributed by atoms with E-state index < -0.39 is 8.07 Å². The predicted octanol–water partition coefficient (Wildman–Crippen LogP) is 4.42. The van der Waals surface area contributed by atoms with E-state index in [2.05, 4.69) is 46.0 Å². The molecule has 0 saturated heterocycles. The minimum atomic E-state index is -1.21. The van der Waals surface area contributed by atoms with Gasteiger partial charge in [-0.15, -0.1) is 0 Å².